The lowest BCUT2D eigenvalue weighted by Gasteiger charge is -1.98. The minimum Gasteiger partial charge on any atom is -0.377 e. The summed E-state index contributed by atoms with van der Waals surface area (Å²) in [5.41, 5.74) is 0. The molecule has 0 aromatic rings. The predicted molar refractivity (Wildman–Crippen MR) is 49.7 cm³/mol. The molecule has 0 atom stereocenters. The standard InChI is InChI=1S/C10H18O/c1-3-5-7-9-11-10-8-6-4-2/h3,5,7H,1,4,6,8-10H2,2H3. The first-order valence-corrected chi connectivity index (χ1v) is 4.27. The third-order valence-corrected chi connectivity index (χ3v) is 1.38. The van der Waals surface area contributed by atoms with Crippen molar-refractivity contribution in [3.63, 3.8) is 0 Å². The average molecular weight is 154 g/mol. The van der Waals surface area contributed by atoms with E-state index in [1.807, 2.05) is 12.2 Å². The van der Waals surface area contributed by atoms with Crippen LogP contribution >= 0.6 is 0 Å². The molecule has 0 aromatic carbocycles. The molecule has 11 heavy (non-hydrogen) atoms. The molecule has 0 saturated heterocycles. The largest absolute Gasteiger partial charge is 0.377 e. The van der Waals surface area contributed by atoms with E-state index in [1.54, 1.807) is 6.08 Å². The van der Waals surface area contributed by atoms with Gasteiger partial charge in [-0.2, -0.15) is 0 Å². The van der Waals surface area contributed by atoms with Crippen LogP contribution in [0.2, 0.25) is 0 Å². The highest BCUT2D eigenvalue weighted by Crippen LogP contribution is 1.93. The zero-order valence-electron chi connectivity index (χ0n) is 7.38. The van der Waals surface area contributed by atoms with Gasteiger partial charge < -0.3 is 4.74 Å². The van der Waals surface area contributed by atoms with E-state index in [0.29, 0.717) is 0 Å². The molecule has 0 radical (unpaired) electrons. The third kappa shape index (κ3) is 9.44. The molecule has 1 nitrogen and oxygen atoms in total. The van der Waals surface area contributed by atoms with Gasteiger partial charge in [-0.05, 0) is 6.42 Å². The Balaban J connectivity index is 2.90. The molecule has 0 bridgehead atoms. The molecule has 0 heterocycles. The van der Waals surface area contributed by atoms with E-state index in [1.165, 1.54) is 19.3 Å². The maximum Gasteiger partial charge on any atom is 0.0650 e. The molecule has 64 valence electrons. The molecule has 0 N–H and O–H groups in total. The molecule has 1 heteroatoms. The average Bonchev–Trinajstić information content (AvgIpc) is 2.03. The second-order valence-electron chi connectivity index (χ2n) is 2.45. The zero-order chi connectivity index (χ0) is 8.36. The Labute approximate surface area is 69.8 Å². The number of unbranched alkanes of at least 4 members (excludes halogenated alkanes) is 2. The Kier molecular flexibility index (Phi) is 8.96. The van der Waals surface area contributed by atoms with Crippen LogP contribution in [0.5, 0.6) is 0 Å². The molecule has 0 unspecified atom stereocenters. The van der Waals surface area contributed by atoms with E-state index in [9.17, 15) is 0 Å². The number of ether oxygens (including phenoxy) is 1. The molecule has 0 saturated carbocycles. The molecule has 0 amide bonds. The van der Waals surface area contributed by atoms with E-state index in [2.05, 4.69) is 13.5 Å². The van der Waals surface area contributed by atoms with Gasteiger partial charge in [-0.15, -0.1) is 0 Å². The fourth-order valence-corrected chi connectivity index (χ4v) is 0.757. The number of hydrogen-bond donors (Lipinski definition) is 0. The van der Waals surface area contributed by atoms with Crippen LogP contribution in [0.4, 0.5) is 0 Å². The number of allylic oxidation sites excluding steroid dienone is 2. The molecule has 0 aliphatic heterocycles. The summed E-state index contributed by atoms with van der Waals surface area (Å²) < 4.78 is 5.30. The maximum atomic E-state index is 5.30. The topological polar surface area (TPSA) is 9.23 Å². The van der Waals surface area contributed by atoms with Crippen LogP contribution in [0, 0.1) is 0 Å². The van der Waals surface area contributed by atoms with Crippen molar-refractivity contribution in [2.45, 2.75) is 26.2 Å². The number of rotatable bonds is 7. The van der Waals surface area contributed by atoms with Crippen molar-refractivity contribution in [2.24, 2.45) is 0 Å². The first-order chi connectivity index (χ1) is 5.41. The quantitative estimate of drug-likeness (QED) is 0.404. The van der Waals surface area contributed by atoms with Crippen molar-refractivity contribution in [1.82, 2.24) is 0 Å². The van der Waals surface area contributed by atoms with Crippen LogP contribution in [0.15, 0.2) is 24.8 Å². The fourth-order valence-electron chi connectivity index (χ4n) is 0.757. The summed E-state index contributed by atoms with van der Waals surface area (Å²) in [5, 5.41) is 0. The van der Waals surface area contributed by atoms with Crippen LogP contribution in [-0.4, -0.2) is 13.2 Å². The van der Waals surface area contributed by atoms with Crippen LogP contribution in [0.25, 0.3) is 0 Å². The zero-order valence-corrected chi connectivity index (χ0v) is 7.38. The summed E-state index contributed by atoms with van der Waals surface area (Å²) in [6.45, 7) is 7.36. The first kappa shape index (κ1) is 10.4. The Hall–Kier alpha value is -0.560. The van der Waals surface area contributed by atoms with Gasteiger partial charge in [0.1, 0.15) is 0 Å². The van der Waals surface area contributed by atoms with Crippen molar-refractivity contribution in [2.75, 3.05) is 13.2 Å². The van der Waals surface area contributed by atoms with Crippen molar-refractivity contribution >= 4 is 0 Å². The third-order valence-electron chi connectivity index (χ3n) is 1.38. The van der Waals surface area contributed by atoms with E-state index in [-0.39, 0.29) is 0 Å². The Morgan fingerprint density at radius 3 is 2.82 bits per heavy atom. The number of hydrogen-bond acceptors (Lipinski definition) is 1. The van der Waals surface area contributed by atoms with Gasteiger partial charge in [0.05, 0.1) is 6.61 Å². The van der Waals surface area contributed by atoms with Crippen LogP contribution < -0.4 is 0 Å². The summed E-state index contributed by atoms with van der Waals surface area (Å²) >= 11 is 0. The highest BCUT2D eigenvalue weighted by molar-refractivity contribution is 4.96. The van der Waals surface area contributed by atoms with Gasteiger partial charge >= 0.3 is 0 Å². The Morgan fingerprint density at radius 1 is 1.36 bits per heavy atom. The lowest BCUT2D eigenvalue weighted by Crippen LogP contribution is -1.93. The molecule has 0 spiro atoms. The minimum atomic E-state index is 0.718. The van der Waals surface area contributed by atoms with Gasteiger partial charge in [0.25, 0.3) is 0 Å². The van der Waals surface area contributed by atoms with Gasteiger partial charge in [0.2, 0.25) is 0 Å². The molecular formula is C10H18O. The molecule has 0 rings (SSSR count). The minimum absolute atomic E-state index is 0.718. The summed E-state index contributed by atoms with van der Waals surface area (Å²) in [5.74, 6) is 0. The highest BCUT2D eigenvalue weighted by atomic mass is 16.5. The normalized spacial score (nSPS) is 10.6. The SMILES string of the molecule is C=CC=CCOCCCCC. The van der Waals surface area contributed by atoms with Gasteiger partial charge in [0.15, 0.2) is 0 Å². The van der Waals surface area contributed by atoms with Crippen LogP contribution in [0.3, 0.4) is 0 Å². The second kappa shape index (κ2) is 9.44. The monoisotopic (exact) mass is 154 g/mol. The summed E-state index contributed by atoms with van der Waals surface area (Å²) in [6, 6.07) is 0. The van der Waals surface area contributed by atoms with E-state index in [4.69, 9.17) is 4.74 Å². The van der Waals surface area contributed by atoms with E-state index < -0.39 is 0 Å². The van der Waals surface area contributed by atoms with Crippen molar-refractivity contribution in [3.8, 4) is 0 Å². The fraction of sp³-hybridized carbons (Fsp3) is 0.600. The smallest absolute Gasteiger partial charge is 0.0650 e. The molecule has 0 fully saturated rings. The van der Waals surface area contributed by atoms with Crippen molar-refractivity contribution in [3.05, 3.63) is 24.8 Å². The van der Waals surface area contributed by atoms with Gasteiger partial charge in [0, 0.05) is 6.61 Å². The summed E-state index contributed by atoms with van der Waals surface area (Å²) in [7, 11) is 0. The lowest BCUT2D eigenvalue weighted by atomic mass is 10.3. The summed E-state index contributed by atoms with van der Waals surface area (Å²) in [6.07, 6.45) is 9.34. The van der Waals surface area contributed by atoms with E-state index >= 15 is 0 Å². The summed E-state index contributed by atoms with van der Waals surface area (Å²) in [4.78, 5) is 0. The highest BCUT2D eigenvalue weighted by Gasteiger charge is 1.84. The maximum absolute atomic E-state index is 5.30. The first-order valence-electron chi connectivity index (χ1n) is 4.27. The van der Waals surface area contributed by atoms with E-state index in [0.717, 1.165) is 13.2 Å². The Morgan fingerprint density at radius 2 is 2.18 bits per heavy atom. The van der Waals surface area contributed by atoms with Crippen LogP contribution in [-0.2, 0) is 4.74 Å². The van der Waals surface area contributed by atoms with Crippen molar-refractivity contribution in [1.29, 1.82) is 0 Å². The van der Waals surface area contributed by atoms with Gasteiger partial charge in [-0.25, -0.2) is 0 Å². The lowest BCUT2D eigenvalue weighted by molar-refractivity contribution is 0.157. The van der Waals surface area contributed by atoms with Gasteiger partial charge in [-0.1, -0.05) is 44.6 Å². The molecule has 0 aromatic heterocycles. The predicted octanol–water partition coefficient (Wildman–Crippen LogP) is 2.94. The molecule has 0 aliphatic carbocycles. The van der Waals surface area contributed by atoms with Gasteiger partial charge in [-0.3, -0.25) is 0 Å². The molecule has 0 aliphatic rings. The Bertz CT molecular complexity index is 105. The van der Waals surface area contributed by atoms with Crippen LogP contribution in [0.1, 0.15) is 26.2 Å². The second-order valence-corrected chi connectivity index (χ2v) is 2.45. The van der Waals surface area contributed by atoms with Crippen molar-refractivity contribution < 1.29 is 4.74 Å². The molecular weight excluding hydrogens is 136 g/mol.